The zero-order valence-electron chi connectivity index (χ0n) is 6.60. The first-order chi connectivity index (χ1) is 4.91. The van der Waals surface area contributed by atoms with Crippen LogP contribution >= 0.6 is 0 Å². The van der Waals surface area contributed by atoms with Gasteiger partial charge in [-0.05, 0) is 13.0 Å². The Bertz CT molecular complexity index is 76.0. The van der Waals surface area contributed by atoms with E-state index in [2.05, 4.69) is 17.4 Å². The highest BCUT2D eigenvalue weighted by atomic mass is 16.3. The summed E-state index contributed by atoms with van der Waals surface area (Å²) in [6.07, 6.45) is 4.95. The molecular weight excluding hydrogens is 128 g/mol. The fourth-order valence-corrected chi connectivity index (χ4v) is 0.801. The van der Waals surface area contributed by atoms with E-state index in [1.165, 1.54) is 19.3 Å². The SMILES string of the molecule is CCCCCCNCN=O. The maximum absolute atomic E-state index is 9.58. The third kappa shape index (κ3) is 7.56. The summed E-state index contributed by atoms with van der Waals surface area (Å²) >= 11 is 0. The molecule has 0 aliphatic rings. The summed E-state index contributed by atoms with van der Waals surface area (Å²) in [5.41, 5.74) is 0. The summed E-state index contributed by atoms with van der Waals surface area (Å²) in [7, 11) is 0. The molecule has 0 saturated carbocycles. The summed E-state index contributed by atoms with van der Waals surface area (Å²) in [6.45, 7) is 3.36. The van der Waals surface area contributed by atoms with Crippen molar-refractivity contribution in [1.82, 2.24) is 5.32 Å². The van der Waals surface area contributed by atoms with Crippen molar-refractivity contribution in [2.75, 3.05) is 13.2 Å². The van der Waals surface area contributed by atoms with Crippen LogP contribution in [0.2, 0.25) is 0 Å². The predicted molar refractivity (Wildman–Crippen MR) is 42.8 cm³/mol. The molecule has 1 N–H and O–H groups in total. The van der Waals surface area contributed by atoms with Crippen LogP contribution in [0.4, 0.5) is 0 Å². The Balaban J connectivity index is 2.70. The van der Waals surface area contributed by atoms with Crippen LogP contribution in [-0.2, 0) is 0 Å². The van der Waals surface area contributed by atoms with Crippen LogP contribution in [0.3, 0.4) is 0 Å². The van der Waals surface area contributed by atoms with Crippen LogP contribution in [0.25, 0.3) is 0 Å². The van der Waals surface area contributed by atoms with Crippen LogP contribution in [0.5, 0.6) is 0 Å². The molecule has 0 amide bonds. The minimum Gasteiger partial charge on any atom is -0.295 e. The van der Waals surface area contributed by atoms with Crippen molar-refractivity contribution in [1.29, 1.82) is 0 Å². The smallest absolute Gasteiger partial charge is 0.131 e. The topological polar surface area (TPSA) is 41.5 Å². The third-order valence-electron chi connectivity index (χ3n) is 1.38. The Morgan fingerprint density at radius 1 is 1.30 bits per heavy atom. The number of rotatable bonds is 7. The van der Waals surface area contributed by atoms with Gasteiger partial charge < -0.3 is 0 Å². The largest absolute Gasteiger partial charge is 0.295 e. The van der Waals surface area contributed by atoms with E-state index in [0.29, 0.717) is 0 Å². The first kappa shape index (κ1) is 9.56. The van der Waals surface area contributed by atoms with E-state index in [0.717, 1.165) is 13.0 Å². The molecule has 3 heteroatoms. The molecule has 0 aliphatic heterocycles. The molecule has 0 rings (SSSR count). The van der Waals surface area contributed by atoms with Gasteiger partial charge in [0.25, 0.3) is 0 Å². The van der Waals surface area contributed by atoms with E-state index in [9.17, 15) is 4.91 Å². The minimum atomic E-state index is 0.256. The van der Waals surface area contributed by atoms with Gasteiger partial charge in [0, 0.05) is 0 Å². The van der Waals surface area contributed by atoms with Crippen molar-refractivity contribution in [2.24, 2.45) is 5.18 Å². The molecule has 0 saturated heterocycles. The zero-order valence-corrected chi connectivity index (χ0v) is 6.60. The van der Waals surface area contributed by atoms with Gasteiger partial charge in [0.2, 0.25) is 0 Å². The Kier molecular flexibility index (Phi) is 8.18. The Morgan fingerprint density at radius 3 is 2.70 bits per heavy atom. The number of hydrogen-bond acceptors (Lipinski definition) is 3. The number of nitrogens with one attached hydrogen (secondary N) is 1. The number of hydrogen-bond donors (Lipinski definition) is 1. The van der Waals surface area contributed by atoms with Crippen molar-refractivity contribution in [3.63, 3.8) is 0 Å². The van der Waals surface area contributed by atoms with Gasteiger partial charge in [-0.1, -0.05) is 31.4 Å². The second-order valence-electron chi connectivity index (χ2n) is 2.35. The fourth-order valence-electron chi connectivity index (χ4n) is 0.801. The Hall–Kier alpha value is -0.440. The van der Waals surface area contributed by atoms with Crippen LogP contribution < -0.4 is 5.32 Å². The summed E-state index contributed by atoms with van der Waals surface area (Å²) < 4.78 is 0. The number of unbranched alkanes of at least 4 members (excludes halogenated alkanes) is 3. The molecule has 0 aromatic rings. The minimum absolute atomic E-state index is 0.256. The molecule has 3 nitrogen and oxygen atoms in total. The molecule has 0 atom stereocenters. The zero-order chi connectivity index (χ0) is 7.66. The second kappa shape index (κ2) is 8.56. The molecule has 0 heterocycles. The second-order valence-corrected chi connectivity index (χ2v) is 2.35. The van der Waals surface area contributed by atoms with Gasteiger partial charge in [-0.3, -0.25) is 5.32 Å². The van der Waals surface area contributed by atoms with Gasteiger partial charge in [0.15, 0.2) is 0 Å². The highest BCUT2D eigenvalue weighted by molar-refractivity contribution is 4.45. The van der Waals surface area contributed by atoms with Gasteiger partial charge in [-0.15, -0.1) is 4.91 Å². The quantitative estimate of drug-likeness (QED) is 0.438. The summed E-state index contributed by atoms with van der Waals surface area (Å²) in [4.78, 5) is 9.58. The molecule has 10 heavy (non-hydrogen) atoms. The van der Waals surface area contributed by atoms with E-state index >= 15 is 0 Å². The number of nitroso groups, excluding NO2 is 1. The van der Waals surface area contributed by atoms with Gasteiger partial charge in [-0.25, -0.2) is 0 Å². The molecule has 0 fully saturated rings. The normalized spacial score (nSPS) is 9.70. The van der Waals surface area contributed by atoms with Gasteiger partial charge in [0.05, 0.1) is 0 Å². The average Bonchev–Trinajstić information content (AvgIpc) is 1.97. The van der Waals surface area contributed by atoms with Crippen molar-refractivity contribution >= 4 is 0 Å². The lowest BCUT2D eigenvalue weighted by atomic mass is 10.2. The molecule has 0 aromatic heterocycles. The molecule has 0 unspecified atom stereocenters. The molecule has 0 spiro atoms. The summed E-state index contributed by atoms with van der Waals surface area (Å²) in [6, 6.07) is 0. The first-order valence-electron chi connectivity index (χ1n) is 3.91. The fraction of sp³-hybridized carbons (Fsp3) is 1.00. The first-order valence-corrected chi connectivity index (χ1v) is 3.91. The van der Waals surface area contributed by atoms with Crippen molar-refractivity contribution in [3.05, 3.63) is 4.91 Å². The van der Waals surface area contributed by atoms with E-state index < -0.39 is 0 Å². The van der Waals surface area contributed by atoms with E-state index in [4.69, 9.17) is 0 Å². The lowest BCUT2D eigenvalue weighted by molar-refractivity contribution is 0.605. The Labute approximate surface area is 62.2 Å². The highest BCUT2D eigenvalue weighted by Gasteiger charge is 1.86. The summed E-state index contributed by atoms with van der Waals surface area (Å²) in [5, 5.41) is 5.61. The maximum atomic E-state index is 9.58. The van der Waals surface area contributed by atoms with Crippen molar-refractivity contribution in [2.45, 2.75) is 32.6 Å². The van der Waals surface area contributed by atoms with E-state index in [1.807, 2.05) is 0 Å². The number of nitrogens with zero attached hydrogens (tertiary/aromatic N) is 1. The van der Waals surface area contributed by atoms with Gasteiger partial charge >= 0.3 is 0 Å². The van der Waals surface area contributed by atoms with E-state index in [1.54, 1.807) is 0 Å². The van der Waals surface area contributed by atoms with Crippen LogP contribution in [-0.4, -0.2) is 13.2 Å². The van der Waals surface area contributed by atoms with Crippen molar-refractivity contribution in [3.8, 4) is 0 Å². The standard InChI is InChI=1S/C7H16N2O/c1-2-3-4-5-6-8-7-9-10/h8H,2-7H2,1H3. The van der Waals surface area contributed by atoms with Crippen LogP contribution in [0.1, 0.15) is 32.6 Å². The molecule has 0 bridgehead atoms. The molecule has 60 valence electrons. The molecule has 0 aromatic carbocycles. The predicted octanol–water partition coefficient (Wildman–Crippen LogP) is 1.88. The van der Waals surface area contributed by atoms with Crippen LogP contribution in [0, 0.1) is 4.91 Å². The molecule has 0 aliphatic carbocycles. The van der Waals surface area contributed by atoms with Gasteiger partial charge in [-0.2, -0.15) is 0 Å². The monoisotopic (exact) mass is 144 g/mol. The maximum Gasteiger partial charge on any atom is 0.131 e. The van der Waals surface area contributed by atoms with Gasteiger partial charge in [0.1, 0.15) is 6.67 Å². The summed E-state index contributed by atoms with van der Waals surface area (Å²) in [5.74, 6) is 0. The van der Waals surface area contributed by atoms with Crippen LogP contribution in [0.15, 0.2) is 5.18 Å². The molecule has 0 radical (unpaired) electrons. The van der Waals surface area contributed by atoms with Crippen molar-refractivity contribution < 1.29 is 0 Å². The highest BCUT2D eigenvalue weighted by Crippen LogP contribution is 1.96. The lowest BCUT2D eigenvalue weighted by Gasteiger charge is -1.97. The average molecular weight is 144 g/mol. The third-order valence-corrected chi connectivity index (χ3v) is 1.38. The molecular formula is C7H16N2O. The Morgan fingerprint density at radius 2 is 2.10 bits per heavy atom. The van der Waals surface area contributed by atoms with E-state index in [-0.39, 0.29) is 6.67 Å². The lowest BCUT2D eigenvalue weighted by Crippen LogP contribution is -2.14.